The Hall–Kier alpha value is -2.19. The van der Waals surface area contributed by atoms with E-state index in [1.165, 1.54) is 30.0 Å². The minimum Gasteiger partial charge on any atom is -0.480 e. The van der Waals surface area contributed by atoms with Crippen molar-refractivity contribution >= 4 is 23.4 Å². The van der Waals surface area contributed by atoms with Crippen molar-refractivity contribution in [3.63, 3.8) is 0 Å². The van der Waals surface area contributed by atoms with Crippen LogP contribution >= 0.6 is 23.4 Å². The second kappa shape index (κ2) is 8.22. The van der Waals surface area contributed by atoms with Gasteiger partial charge in [0, 0.05) is 23.9 Å². The quantitative estimate of drug-likeness (QED) is 0.513. The lowest BCUT2D eigenvalue weighted by atomic mass is 10.2. The van der Waals surface area contributed by atoms with Gasteiger partial charge in [0.1, 0.15) is 11.6 Å². The zero-order valence-electron chi connectivity index (χ0n) is 14.4. The second-order valence-corrected chi connectivity index (χ2v) is 7.11. The maximum absolute atomic E-state index is 13.8. The van der Waals surface area contributed by atoms with Crippen LogP contribution in [0.3, 0.4) is 0 Å². The van der Waals surface area contributed by atoms with E-state index in [0.717, 1.165) is 17.7 Å². The SMILES string of the molecule is CC(Oc1ccc(F)cc1F)c1nnc(SCc2ccc(F)cc2Cl)n1C. The van der Waals surface area contributed by atoms with Crippen LogP contribution in [0, 0.1) is 17.5 Å². The van der Waals surface area contributed by atoms with Gasteiger partial charge < -0.3 is 9.30 Å². The molecule has 3 aromatic rings. The molecule has 0 radical (unpaired) electrons. The summed E-state index contributed by atoms with van der Waals surface area (Å²) in [5, 5.41) is 9.13. The van der Waals surface area contributed by atoms with Gasteiger partial charge in [0.15, 0.2) is 28.7 Å². The van der Waals surface area contributed by atoms with Gasteiger partial charge in [0.25, 0.3) is 0 Å². The number of halogens is 4. The summed E-state index contributed by atoms with van der Waals surface area (Å²) < 4.78 is 47.1. The highest BCUT2D eigenvalue weighted by Crippen LogP contribution is 2.29. The summed E-state index contributed by atoms with van der Waals surface area (Å²) in [7, 11) is 1.75. The topological polar surface area (TPSA) is 39.9 Å². The fourth-order valence-corrected chi connectivity index (χ4v) is 3.64. The van der Waals surface area contributed by atoms with Gasteiger partial charge in [-0.3, -0.25) is 0 Å². The first-order chi connectivity index (χ1) is 12.8. The Balaban J connectivity index is 1.70. The van der Waals surface area contributed by atoms with Crippen molar-refractivity contribution in [3.05, 3.63) is 70.3 Å². The molecule has 0 spiro atoms. The van der Waals surface area contributed by atoms with Crippen molar-refractivity contribution in [2.45, 2.75) is 23.9 Å². The zero-order chi connectivity index (χ0) is 19.6. The lowest BCUT2D eigenvalue weighted by molar-refractivity contribution is 0.201. The van der Waals surface area contributed by atoms with E-state index in [9.17, 15) is 13.2 Å². The molecule has 0 aliphatic heterocycles. The van der Waals surface area contributed by atoms with Crippen LogP contribution in [0.2, 0.25) is 5.02 Å². The zero-order valence-corrected chi connectivity index (χ0v) is 16.0. The maximum atomic E-state index is 13.8. The van der Waals surface area contributed by atoms with Gasteiger partial charge in [-0.15, -0.1) is 10.2 Å². The molecule has 0 bridgehead atoms. The summed E-state index contributed by atoms with van der Waals surface area (Å²) in [6.07, 6.45) is -0.605. The minimum absolute atomic E-state index is 0.0702. The third-order valence-electron chi connectivity index (χ3n) is 3.80. The number of rotatable bonds is 6. The minimum atomic E-state index is -0.787. The number of thioether (sulfide) groups is 1. The Morgan fingerprint density at radius 1 is 1.11 bits per heavy atom. The van der Waals surface area contributed by atoms with E-state index < -0.39 is 23.6 Å². The third kappa shape index (κ3) is 4.56. The lowest BCUT2D eigenvalue weighted by Crippen LogP contribution is -2.11. The molecule has 1 aromatic heterocycles. The van der Waals surface area contributed by atoms with E-state index in [-0.39, 0.29) is 5.75 Å². The van der Waals surface area contributed by atoms with Crippen molar-refractivity contribution in [1.29, 1.82) is 0 Å². The van der Waals surface area contributed by atoms with Gasteiger partial charge >= 0.3 is 0 Å². The number of hydrogen-bond acceptors (Lipinski definition) is 4. The number of ether oxygens (including phenoxy) is 1. The average Bonchev–Trinajstić information content (AvgIpc) is 2.97. The van der Waals surface area contributed by atoms with E-state index in [0.29, 0.717) is 21.8 Å². The first-order valence-corrected chi connectivity index (χ1v) is 9.29. The molecule has 1 unspecified atom stereocenters. The van der Waals surface area contributed by atoms with Crippen molar-refractivity contribution < 1.29 is 17.9 Å². The van der Waals surface area contributed by atoms with Crippen molar-refractivity contribution in [1.82, 2.24) is 14.8 Å². The average molecular weight is 414 g/mol. The van der Waals surface area contributed by atoms with Crippen LogP contribution in [0.1, 0.15) is 24.4 Å². The van der Waals surface area contributed by atoms with Gasteiger partial charge in [0.05, 0.1) is 0 Å². The van der Waals surface area contributed by atoms with E-state index in [2.05, 4.69) is 10.2 Å². The third-order valence-corrected chi connectivity index (χ3v) is 5.22. The van der Waals surface area contributed by atoms with Crippen LogP contribution in [0.25, 0.3) is 0 Å². The molecule has 0 fully saturated rings. The van der Waals surface area contributed by atoms with Crippen molar-refractivity contribution in [3.8, 4) is 5.75 Å². The highest BCUT2D eigenvalue weighted by Gasteiger charge is 2.19. The number of aromatic nitrogens is 3. The lowest BCUT2D eigenvalue weighted by Gasteiger charge is -2.14. The van der Waals surface area contributed by atoms with Crippen LogP contribution in [0.4, 0.5) is 13.2 Å². The fraction of sp³-hybridized carbons (Fsp3) is 0.222. The molecular formula is C18H15ClF3N3OS. The molecule has 0 aliphatic carbocycles. The van der Waals surface area contributed by atoms with Crippen LogP contribution in [0.5, 0.6) is 5.75 Å². The molecule has 1 heterocycles. The largest absolute Gasteiger partial charge is 0.480 e. The maximum Gasteiger partial charge on any atom is 0.191 e. The molecule has 0 saturated heterocycles. The van der Waals surface area contributed by atoms with Gasteiger partial charge in [0.2, 0.25) is 0 Å². The van der Waals surface area contributed by atoms with Crippen LogP contribution in [-0.2, 0) is 12.8 Å². The van der Waals surface area contributed by atoms with Crippen LogP contribution < -0.4 is 4.74 Å². The molecule has 4 nitrogen and oxygen atoms in total. The molecule has 27 heavy (non-hydrogen) atoms. The van der Waals surface area contributed by atoms with Gasteiger partial charge in [-0.1, -0.05) is 29.4 Å². The summed E-state index contributed by atoms with van der Waals surface area (Å²) >= 11 is 7.40. The van der Waals surface area contributed by atoms with Gasteiger partial charge in [-0.05, 0) is 36.8 Å². The Morgan fingerprint density at radius 3 is 2.52 bits per heavy atom. The Kier molecular flexibility index (Phi) is 5.96. The molecule has 0 N–H and O–H groups in total. The number of benzene rings is 2. The van der Waals surface area contributed by atoms with Crippen LogP contribution in [-0.4, -0.2) is 14.8 Å². The predicted molar refractivity (Wildman–Crippen MR) is 97.4 cm³/mol. The summed E-state index contributed by atoms with van der Waals surface area (Å²) in [5.74, 6) is -0.972. The summed E-state index contributed by atoms with van der Waals surface area (Å²) in [4.78, 5) is 0. The van der Waals surface area contributed by atoms with E-state index in [1.807, 2.05) is 0 Å². The molecule has 1 atom stereocenters. The number of hydrogen-bond donors (Lipinski definition) is 0. The van der Waals surface area contributed by atoms with E-state index in [1.54, 1.807) is 24.6 Å². The highest BCUT2D eigenvalue weighted by atomic mass is 35.5. The van der Waals surface area contributed by atoms with Crippen LogP contribution in [0.15, 0.2) is 41.6 Å². The summed E-state index contributed by atoms with van der Waals surface area (Å²) in [5.41, 5.74) is 0.769. The molecule has 0 amide bonds. The summed E-state index contributed by atoms with van der Waals surface area (Å²) in [6, 6.07) is 7.32. The smallest absolute Gasteiger partial charge is 0.191 e. The summed E-state index contributed by atoms with van der Waals surface area (Å²) in [6.45, 7) is 1.69. The molecular weight excluding hydrogens is 399 g/mol. The fourth-order valence-electron chi connectivity index (χ4n) is 2.40. The van der Waals surface area contributed by atoms with Crippen molar-refractivity contribution in [2.24, 2.45) is 7.05 Å². The standard InChI is InChI=1S/C18H15ClF3N3OS/c1-10(26-16-6-5-13(21)8-15(16)22)17-23-24-18(25(17)2)27-9-11-3-4-12(20)7-14(11)19/h3-8,10H,9H2,1-2H3. The molecule has 0 saturated carbocycles. The normalized spacial score (nSPS) is 12.2. The Bertz CT molecular complexity index is 967. The first kappa shape index (κ1) is 19.6. The molecule has 3 rings (SSSR count). The molecule has 2 aromatic carbocycles. The molecule has 0 aliphatic rings. The Morgan fingerprint density at radius 2 is 1.81 bits per heavy atom. The van der Waals surface area contributed by atoms with E-state index >= 15 is 0 Å². The van der Waals surface area contributed by atoms with Gasteiger partial charge in [-0.25, -0.2) is 13.2 Å². The van der Waals surface area contributed by atoms with Gasteiger partial charge in [-0.2, -0.15) is 0 Å². The number of nitrogens with zero attached hydrogens (tertiary/aromatic N) is 3. The highest BCUT2D eigenvalue weighted by molar-refractivity contribution is 7.98. The predicted octanol–water partition coefficient (Wildman–Crippen LogP) is 5.32. The monoisotopic (exact) mass is 413 g/mol. The Labute approximate surface area is 163 Å². The van der Waals surface area contributed by atoms with Crippen molar-refractivity contribution in [2.75, 3.05) is 0 Å². The molecule has 9 heteroatoms. The second-order valence-electron chi connectivity index (χ2n) is 5.76. The first-order valence-electron chi connectivity index (χ1n) is 7.93. The molecule has 142 valence electrons. The van der Waals surface area contributed by atoms with E-state index in [4.69, 9.17) is 16.3 Å².